The van der Waals surface area contributed by atoms with Crippen LogP contribution in [0, 0.1) is 11.3 Å². The van der Waals surface area contributed by atoms with E-state index in [4.69, 9.17) is 4.74 Å². The average molecular weight is 392 g/mol. The number of amides is 1. The van der Waals surface area contributed by atoms with E-state index >= 15 is 0 Å². The lowest BCUT2D eigenvalue weighted by Gasteiger charge is -2.10. The molecule has 0 radical (unpaired) electrons. The number of ether oxygens (including phenoxy) is 1. The van der Waals surface area contributed by atoms with E-state index < -0.39 is 17.6 Å². The first-order valence-electron chi connectivity index (χ1n) is 7.61. The van der Waals surface area contributed by atoms with E-state index in [9.17, 15) is 23.2 Å². The Labute approximate surface area is 158 Å². The Morgan fingerprint density at radius 1 is 1.26 bits per heavy atom. The maximum absolute atomic E-state index is 12.8. The molecule has 0 heterocycles. The summed E-state index contributed by atoms with van der Waals surface area (Å²) in [5.41, 5.74) is -0.627. The Kier molecular flexibility index (Phi) is 6.53. The minimum Gasteiger partial charge on any atom is -0.496 e. The fraction of sp³-hybridized carbons (Fsp3) is 0.158. The number of hydrogen-bond acceptors (Lipinski definition) is 4. The number of hydrogen-bond donors (Lipinski definition) is 1. The number of halogens is 3. The highest BCUT2D eigenvalue weighted by atomic mass is 32.2. The third-order valence-electron chi connectivity index (χ3n) is 3.53. The number of carbonyl (C=O) groups excluding carboxylic acids is 1. The molecule has 0 saturated heterocycles. The summed E-state index contributed by atoms with van der Waals surface area (Å²) >= 11 is 1.48. The molecule has 2 aromatic carbocycles. The molecule has 2 aromatic rings. The van der Waals surface area contributed by atoms with Gasteiger partial charge in [-0.1, -0.05) is 12.1 Å². The largest absolute Gasteiger partial charge is 0.496 e. The van der Waals surface area contributed by atoms with E-state index in [1.165, 1.54) is 37.1 Å². The zero-order chi connectivity index (χ0) is 20.0. The zero-order valence-corrected chi connectivity index (χ0v) is 15.2. The van der Waals surface area contributed by atoms with Crippen molar-refractivity contribution in [1.82, 2.24) is 0 Å². The molecule has 1 amide bonds. The number of benzene rings is 2. The Bertz CT molecular complexity index is 918. The lowest BCUT2D eigenvalue weighted by atomic mass is 10.1. The number of anilines is 1. The minimum atomic E-state index is -4.52. The van der Waals surface area contributed by atoms with Gasteiger partial charge < -0.3 is 10.1 Å². The Morgan fingerprint density at radius 2 is 2.00 bits per heavy atom. The van der Waals surface area contributed by atoms with Gasteiger partial charge in [0.05, 0.1) is 12.7 Å². The molecule has 4 nitrogen and oxygen atoms in total. The van der Waals surface area contributed by atoms with Crippen molar-refractivity contribution in [3.8, 4) is 11.8 Å². The molecule has 1 N–H and O–H groups in total. The molecule has 0 spiro atoms. The van der Waals surface area contributed by atoms with Crippen LogP contribution in [0.2, 0.25) is 0 Å². The second-order valence-corrected chi connectivity index (χ2v) is 6.16. The maximum Gasteiger partial charge on any atom is 0.416 e. The van der Waals surface area contributed by atoms with Crippen LogP contribution in [-0.2, 0) is 11.0 Å². The van der Waals surface area contributed by atoms with Crippen LogP contribution < -0.4 is 10.1 Å². The van der Waals surface area contributed by atoms with Crippen molar-refractivity contribution in [2.75, 3.05) is 18.7 Å². The normalized spacial score (nSPS) is 11.6. The summed E-state index contributed by atoms with van der Waals surface area (Å²) in [7, 11) is 1.51. The van der Waals surface area contributed by atoms with E-state index in [-0.39, 0.29) is 11.3 Å². The van der Waals surface area contributed by atoms with Crippen LogP contribution in [0.1, 0.15) is 11.1 Å². The number of methoxy groups -OCH3 is 1. The molecular formula is C19H15F3N2O2S. The lowest BCUT2D eigenvalue weighted by molar-refractivity contribution is -0.137. The first-order chi connectivity index (χ1) is 12.8. The average Bonchev–Trinajstić information content (AvgIpc) is 2.65. The first-order valence-corrected chi connectivity index (χ1v) is 8.83. The Balaban J connectivity index is 2.26. The second kappa shape index (κ2) is 8.64. The Hall–Kier alpha value is -2.92. The van der Waals surface area contributed by atoms with Gasteiger partial charge in [0.15, 0.2) is 0 Å². The number of rotatable bonds is 5. The Morgan fingerprint density at radius 3 is 2.59 bits per heavy atom. The van der Waals surface area contributed by atoms with Gasteiger partial charge in [-0.25, -0.2) is 0 Å². The molecule has 0 aliphatic carbocycles. The third kappa shape index (κ3) is 5.28. The van der Waals surface area contributed by atoms with Gasteiger partial charge in [0.1, 0.15) is 17.4 Å². The predicted octanol–water partition coefficient (Wildman–Crippen LogP) is 4.98. The molecule has 2 rings (SSSR count). The van der Waals surface area contributed by atoms with Gasteiger partial charge in [0.2, 0.25) is 0 Å². The molecule has 0 aromatic heterocycles. The molecule has 140 valence electrons. The number of nitriles is 1. The lowest BCUT2D eigenvalue weighted by Crippen LogP contribution is -2.14. The fourth-order valence-electron chi connectivity index (χ4n) is 2.23. The fourth-order valence-corrected chi connectivity index (χ4v) is 2.78. The van der Waals surface area contributed by atoms with Crippen molar-refractivity contribution in [2.24, 2.45) is 0 Å². The molecule has 0 fully saturated rings. The van der Waals surface area contributed by atoms with E-state index in [0.717, 1.165) is 17.0 Å². The smallest absolute Gasteiger partial charge is 0.416 e. The highest BCUT2D eigenvalue weighted by Crippen LogP contribution is 2.31. The van der Waals surface area contributed by atoms with Crippen molar-refractivity contribution in [2.45, 2.75) is 11.1 Å². The van der Waals surface area contributed by atoms with Crippen molar-refractivity contribution >= 4 is 29.4 Å². The van der Waals surface area contributed by atoms with Crippen LogP contribution >= 0.6 is 11.8 Å². The van der Waals surface area contributed by atoms with E-state index in [2.05, 4.69) is 5.32 Å². The van der Waals surface area contributed by atoms with Gasteiger partial charge in [-0.15, -0.1) is 11.8 Å². The molecule has 27 heavy (non-hydrogen) atoms. The van der Waals surface area contributed by atoms with Gasteiger partial charge in [-0.2, -0.15) is 18.4 Å². The molecule has 0 aliphatic rings. The van der Waals surface area contributed by atoms with Crippen molar-refractivity contribution < 1.29 is 22.7 Å². The topological polar surface area (TPSA) is 62.1 Å². The van der Waals surface area contributed by atoms with Gasteiger partial charge in [-0.3, -0.25) is 4.79 Å². The van der Waals surface area contributed by atoms with Crippen molar-refractivity contribution in [3.05, 3.63) is 59.2 Å². The molecule has 0 bridgehead atoms. The molecule has 0 unspecified atom stereocenters. The van der Waals surface area contributed by atoms with E-state index in [0.29, 0.717) is 11.3 Å². The third-order valence-corrected chi connectivity index (χ3v) is 4.31. The predicted molar refractivity (Wildman–Crippen MR) is 98.4 cm³/mol. The standard InChI is InChI=1S/C19H15F3N2O2S/c1-26-16-9-12(6-7-17(16)27-2)8-13(11-23)18(25)24-15-5-3-4-14(10-15)19(20,21)22/h3-10H,1-2H3,(H,24,25)/b13-8-. The van der Waals surface area contributed by atoms with Gasteiger partial charge in [0.25, 0.3) is 5.91 Å². The highest BCUT2D eigenvalue weighted by Gasteiger charge is 2.30. The molecule has 8 heteroatoms. The summed E-state index contributed by atoms with van der Waals surface area (Å²) in [6, 6.07) is 11.1. The molecular weight excluding hydrogens is 377 g/mol. The van der Waals surface area contributed by atoms with Crippen molar-refractivity contribution in [1.29, 1.82) is 5.26 Å². The second-order valence-electron chi connectivity index (χ2n) is 5.32. The van der Waals surface area contributed by atoms with Crippen molar-refractivity contribution in [3.63, 3.8) is 0 Å². The molecule has 0 saturated carbocycles. The van der Waals surface area contributed by atoms with Crippen LogP contribution in [0.3, 0.4) is 0 Å². The number of carbonyl (C=O) groups is 1. The number of alkyl halides is 3. The van der Waals surface area contributed by atoms with E-state index in [1.807, 2.05) is 6.26 Å². The first kappa shape index (κ1) is 20.4. The summed E-state index contributed by atoms with van der Waals surface area (Å²) in [4.78, 5) is 13.2. The van der Waals surface area contributed by atoms with Gasteiger partial charge >= 0.3 is 6.18 Å². The monoisotopic (exact) mass is 392 g/mol. The number of nitrogens with zero attached hydrogens (tertiary/aromatic N) is 1. The summed E-state index contributed by atoms with van der Waals surface area (Å²) in [6.07, 6.45) is -1.30. The van der Waals surface area contributed by atoms with Crippen LogP contribution in [0.4, 0.5) is 18.9 Å². The van der Waals surface area contributed by atoms with Gasteiger partial charge in [0, 0.05) is 10.6 Å². The van der Waals surface area contributed by atoms with Crippen LogP contribution in [-0.4, -0.2) is 19.3 Å². The SMILES string of the molecule is COc1cc(/C=C(/C#N)C(=O)Nc2cccc(C(F)(F)F)c2)ccc1SC. The maximum atomic E-state index is 12.8. The zero-order valence-electron chi connectivity index (χ0n) is 14.4. The summed E-state index contributed by atoms with van der Waals surface area (Å²) in [5, 5.41) is 11.6. The highest BCUT2D eigenvalue weighted by molar-refractivity contribution is 7.98. The summed E-state index contributed by atoms with van der Waals surface area (Å²) < 4.78 is 43.5. The molecule has 0 aliphatic heterocycles. The van der Waals surface area contributed by atoms with Crippen LogP contribution in [0.15, 0.2) is 52.9 Å². The van der Waals surface area contributed by atoms with Gasteiger partial charge in [-0.05, 0) is 48.2 Å². The quantitative estimate of drug-likeness (QED) is 0.443. The molecule has 0 atom stereocenters. The summed E-state index contributed by atoms with van der Waals surface area (Å²) in [5.74, 6) is -0.212. The number of thioether (sulfide) groups is 1. The minimum absolute atomic E-state index is 0.0497. The van der Waals surface area contributed by atoms with Crippen LogP contribution in [0.5, 0.6) is 5.75 Å². The van der Waals surface area contributed by atoms with Crippen LogP contribution in [0.25, 0.3) is 6.08 Å². The summed E-state index contributed by atoms with van der Waals surface area (Å²) in [6.45, 7) is 0. The number of nitrogens with one attached hydrogen (secondary N) is 1. The van der Waals surface area contributed by atoms with E-state index in [1.54, 1.807) is 24.3 Å².